The number of oxazole rings is 1. The minimum atomic E-state index is 0.420. The molecule has 23 heavy (non-hydrogen) atoms. The van der Waals surface area contributed by atoms with E-state index in [9.17, 15) is 0 Å². The SMILES string of the molecule is Cc1ccn2c(C)c(CCc3ccc4[nH]c(=S)oc4c3)nc2c1. The van der Waals surface area contributed by atoms with Crippen molar-refractivity contribution in [3.8, 4) is 0 Å². The van der Waals surface area contributed by atoms with E-state index in [4.69, 9.17) is 21.6 Å². The van der Waals surface area contributed by atoms with Gasteiger partial charge in [0.1, 0.15) is 5.65 Å². The van der Waals surface area contributed by atoms with Gasteiger partial charge in [0.2, 0.25) is 0 Å². The Morgan fingerprint density at radius 1 is 1.17 bits per heavy atom. The Kier molecular flexibility index (Phi) is 3.31. The maximum Gasteiger partial charge on any atom is 0.266 e. The molecule has 0 bridgehead atoms. The molecule has 0 spiro atoms. The lowest BCUT2D eigenvalue weighted by atomic mass is 10.1. The van der Waals surface area contributed by atoms with E-state index in [0.717, 1.165) is 35.3 Å². The van der Waals surface area contributed by atoms with Gasteiger partial charge in [-0.2, -0.15) is 0 Å². The van der Waals surface area contributed by atoms with Gasteiger partial charge in [-0.3, -0.25) is 0 Å². The third kappa shape index (κ3) is 2.57. The highest BCUT2D eigenvalue weighted by Crippen LogP contribution is 2.19. The first-order chi connectivity index (χ1) is 11.1. The largest absolute Gasteiger partial charge is 0.429 e. The summed E-state index contributed by atoms with van der Waals surface area (Å²) in [5, 5.41) is 0. The van der Waals surface area contributed by atoms with Crippen molar-refractivity contribution < 1.29 is 4.42 Å². The van der Waals surface area contributed by atoms with Crippen molar-refractivity contribution >= 4 is 29.0 Å². The Bertz CT molecular complexity index is 1070. The summed E-state index contributed by atoms with van der Waals surface area (Å²) < 4.78 is 7.63. The average Bonchev–Trinajstić information content (AvgIpc) is 3.03. The quantitative estimate of drug-likeness (QED) is 0.563. The fourth-order valence-corrected chi connectivity index (χ4v) is 3.16. The van der Waals surface area contributed by atoms with Crippen molar-refractivity contribution in [2.24, 2.45) is 0 Å². The number of imidazole rings is 1. The summed E-state index contributed by atoms with van der Waals surface area (Å²) in [6.45, 7) is 4.21. The Balaban J connectivity index is 1.62. The van der Waals surface area contributed by atoms with Gasteiger partial charge in [-0.05, 0) is 74.3 Å². The van der Waals surface area contributed by atoms with E-state index < -0.39 is 0 Å². The molecule has 0 aliphatic heterocycles. The van der Waals surface area contributed by atoms with Gasteiger partial charge in [0.25, 0.3) is 4.84 Å². The number of hydrogen-bond acceptors (Lipinski definition) is 3. The maximum absolute atomic E-state index is 5.49. The van der Waals surface area contributed by atoms with Crippen molar-refractivity contribution in [1.82, 2.24) is 14.4 Å². The summed E-state index contributed by atoms with van der Waals surface area (Å²) in [7, 11) is 0. The van der Waals surface area contributed by atoms with E-state index in [-0.39, 0.29) is 0 Å². The molecule has 0 amide bonds. The van der Waals surface area contributed by atoms with Crippen molar-refractivity contribution in [2.45, 2.75) is 26.7 Å². The molecule has 4 nitrogen and oxygen atoms in total. The van der Waals surface area contributed by atoms with Gasteiger partial charge in [-0.25, -0.2) is 4.98 Å². The van der Waals surface area contributed by atoms with Crippen LogP contribution in [0.2, 0.25) is 0 Å². The first-order valence-corrected chi connectivity index (χ1v) is 8.07. The first kappa shape index (κ1) is 14.2. The highest BCUT2D eigenvalue weighted by atomic mass is 32.1. The Hall–Kier alpha value is -2.40. The molecule has 1 aromatic carbocycles. The van der Waals surface area contributed by atoms with Gasteiger partial charge >= 0.3 is 0 Å². The number of nitrogens with zero attached hydrogens (tertiary/aromatic N) is 2. The fourth-order valence-electron chi connectivity index (χ4n) is 2.96. The zero-order chi connectivity index (χ0) is 16.0. The summed E-state index contributed by atoms with van der Waals surface area (Å²) in [6.07, 6.45) is 3.92. The number of fused-ring (bicyclic) bond motifs is 2. The van der Waals surface area contributed by atoms with Gasteiger partial charge < -0.3 is 13.8 Å². The molecule has 0 aliphatic rings. The monoisotopic (exact) mass is 323 g/mol. The minimum Gasteiger partial charge on any atom is -0.429 e. The number of pyridine rings is 1. The van der Waals surface area contributed by atoms with E-state index in [1.54, 1.807) is 0 Å². The van der Waals surface area contributed by atoms with Crippen LogP contribution in [0.5, 0.6) is 0 Å². The molecule has 4 rings (SSSR count). The predicted octanol–water partition coefficient (Wildman–Crippen LogP) is 4.54. The van der Waals surface area contributed by atoms with Gasteiger partial charge in [-0.15, -0.1) is 0 Å². The summed E-state index contributed by atoms with van der Waals surface area (Å²) in [5.41, 5.74) is 7.58. The lowest BCUT2D eigenvalue weighted by Gasteiger charge is -2.01. The van der Waals surface area contributed by atoms with E-state index >= 15 is 0 Å². The van der Waals surface area contributed by atoms with Crippen molar-refractivity contribution in [3.05, 3.63) is 63.9 Å². The molecule has 5 heteroatoms. The number of aromatic nitrogens is 3. The van der Waals surface area contributed by atoms with Crippen LogP contribution < -0.4 is 0 Å². The van der Waals surface area contributed by atoms with Crippen LogP contribution in [0.15, 0.2) is 40.9 Å². The molecule has 0 atom stereocenters. The third-order valence-corrected chi connectivity index (χ3v) is 4.44. The zero-order valence-corrected chi connectivity index (χ0v) is 13.9. The van der Waals surface area contributed by atoms with Crippen molar-refractivity contribution in [1.29, 1.82) is 0 Å². The lowest BCUT2D eigenvalue weighted by molar-refractivity contribution is 0.583. The number of nitrogens with one attached hydrogen (secondary N) is 1. The molecule has 3 heterocycles. The standard InChI is InChI=1S/C18H17N3OS/c1-11-7-8-21-12(2)14(19-17(21)9-11)5-3-13-4-6-15-16(10-13)22-18(23)20-15/h4,6-10H,3,5H2,1-2H3,(H,20,23). The Morgan fingerprint density at radius 2 is 2.04 bits per heavy atom. The Labute approximate surface area is 138 Å². The van der Waals surface area contributed by atoms with Crippen molar-refractivity contribution in [2.75, 3.05) is 0 Å². The molecule has 0 saturated heterocycles. The average molecular weight is 323 g/mol. The number of benzene rings is 1. The van der Waals surface area contributed by atoms with Crippen LogP contribution in [0.1, 0.15) is 22.5 Å². The summed E-state index contributed by atoms with van der Waals surface area (Å²) in [6, 6.07) is 10.4. The van der Waals surface area contributed by atoms with E-state index in [1.165, 1.54) is 16.8 Å². The van der Waals surface area contributed by atoms with Crippen LogP contribution in [0.3, 0.4) is 0 Å². The molecule has 0 aliphatic carbocycles. The number of hydrogen-bond donors (Lipinski definition) is 1. The molecule has 0 fully saturated rings. The molecule has 0 radical (unpaired) electrons. The molecular formula is C18H17N3OS. The molecule has 3 aromatic heterocycles. The molecule has 0 unspecified atom stereocenters. The van der Waals surface area contributed by atoms with Crippen LogP contribution >= 0.6 is 12.2 Å². The van der Waals surface area contributed by atoms with E-state index in [0.29, 0.717) is 4.84 Å². The van der Waals surface area contributed by atoms with E-state index in [1.807, 2.05) is 6.07 Å². The number of aryl methyl sites for hydroxylation is 4. The molecule has 1 N–H and O–H groups in total. The third-order valence-electron chi connectivity index (χ3n) is 4.25. The number of aromatic amines is 1. The highest BCUT2D eigenvalue weighted by Gasteiger charge is 2.09. The minimum absolute atomic E-state index is 0.420. The number of H-pyrrole nitrogens is 1. The fraction of sp³-hybridized carbons (Fsp3) is 0.222. The summed E-state index contributed by atoms with van der Waals surface area (Å²) in [5.74, 6) is 0. The second-order valence-corrected chi connectivity index (χ2v) is 6.29. The smallest absolute Gasteiger partial charge is 0.266 e. The predicted molar refractivity (Wildman–Crippen MR) is 93.5 cm³/mol. The second-order valence-electron chi connectivity index (χ2n) is 5.92. The van der Waals surface area contributed by atoms with Gasteiger partial charge in [0.05, 0.1) is 11.2 Å². The second kappa shape index (κ2) is 5.35. The summed E-state index contributed by atoms with van der Waals surface area (Å²) >= 11 is 5.03. The molecule has 0 saturated carbocycles. The summed E-state index contributed by atoms with van der Waals surface area (Å²) in [4.78, 5) is 8.22. The van der Waals surface area contributed by atoms with Crippen molar-refractivity contribution in [3.63, 3.8) is 0 Å². The molecular weight excluding hydrogens is 306 g/mol. The number of rotatable bonds is 3. The molecule has 4 aromatic rings. The maximum atomic E-state index is 5.49. The van der Waals surface area contributed by atoms with Crippen LogP contribution in [0, 0.1) is 18.7 Å². The van der Waals surface area contributed by atoms with Gasteiger partial charge in [0, 0.05) is 11.9 Å². The lowest BCUT2D eigenvalue weighted by Crippen LogP contribution is -1.94. The van der Waals surface area contributed by atoms with Crippen LogP contribution in [-0.4, -0.2) is 14.4 Å². The Morgan fingerprint density at radius 3 is 2.91 bits per heavy atom. The van der Waals surface area contributed by atoms with Crippen LogP contribution in [0.25, 0.3) is 16.7 Å². The topological polar surface area (TPSA) is 46.2 Å². The highest BCUT2D eigenvalue weighted by molar-refractivity contribution is 7.71. The van der Waals surface area contributed by atoms with E-state index in [2.05, 4.69) is 53.7 Å². The zero-order valence-electron chi connectivity index (χ0n) is 13.1. The normalized spacial score (nSPS) is 11.6. The first-order valence-electron chi connectivity index (χ1n) is 7.66. The van der Waals surface area contributed by atoms with Gasteiger partial charge in [0.15, 0.2) is 5.58 Å². The van der Waals surface area contributed by atoms with Crippen LogP contribution in [0.4, 0.5) is 0 Å². The van der Waals surface area contributed by atoms with Crippen LogP contribution in [-0.2, 0) is 12.8 Å². The van der Waals surface area contributed by atoms with Gasteiger partial charge in [-0.1, -0.05) is 6.07 Å². The molecule has 116 valence electrons.